The smallest absolute Gasteiger partial charge is 0.225 e. The molecule has 4 heteroatoms. The van der Waals surface area contributed by atoms with Crippen molar-refractivity contribution in [2.45, 2.75) is 51.2 Å². The molecule has 0 radical (unpaired) electrons. The van der Waals surface area contributed by atoms with E-state index in [9.17, 15) is 4.79 Å². The molecule has 1 aromatic rings. The summed E-state index contributed by atoms with van der Waals surface area (Å²) in [5, 5.41) is 5.24. The third-order valence-corrected chi connectivity index (χ3v) is 5.56. The third kappa shape index (κ3) is 2.32. The summed E-state index contributed by atoms with van der Waals surface area (Å²) >= 11 is 1.65. The predicted octanol–water partition coefficient (Wildman–Crippen LogP) is 2.75. The van der Waals surface area contributed by atoms with E-state index in [1.807, 2.05) is 17.5 Å². The lowest BCUT2D eigenvalue weighted by Gasteiger charge is -2.61. The Morgan fingerprint density at radius 1 is 1.58 bits per heavy atom. The van der Waals surface area contributed by atoms with Crippen LogP contribution in [-0.4, -0.2) is 24.7 Å². The van der Waals surface area contributed by atoms with Gasteiger partial charge in [-0.2, -0.15) is 0 Å². The normalized spacial score (nSPS) is 27.6. The Kier molecular flexibility index (Phi) is 3.63. The molecule has 2 fully saturated rings. The minimum Gasteiger partial charge on any atom is -0.378 e. The molecule has 0 bridgehead atoms. The van der Waals surface area contributed by atoms with Crippen molar-refractivity contribution in [2.24, 2.45) is 5.41 Å². The van der Waals surface area contributed by atoms with Gasteiger partial charge in [-0.25, -0.2) is 0 Å². The molecule has 1 spiro atoms. The van der Waals surface area contributed by atoms with Gasteiger partial charge in [-0.15, -0.1) is 11.3 Å². The van der Waals surface area contributed by atoms with Crippen LogP contribution >= 0.6 is 11.3 Å². The highest BCUT2D eigenvalue weighted by atomic mass is 32.1. The van der Waals surface area contributed by atoms with Crippen molar-refractivity contribution in [3.63, 3.8) is 0 Å². The monoisotopic (exact) mass is 279 g/mol. The van der Waals surface area contributed by atoms with Gasteiger partial charge in [0.1, 0.15) is 0 Å². The Labute approximate surface area is 118 Å². The summed E-state index contributed by atoms with van der Waals surface area (Å²) in [5.74, 6) is 0.161. The van der Waals surface area contributed by atoms with Gasteiger partial charge in [-0.3, -0.25) is 4.79 Å². The molecule has 3 nitrogen and oxygen atoms in total. The van der Waals surface area contributed by atoms with Crippen LogP contribution in [0.3, 0.4) is 0 Å². The summed E-state index contributed by atoms with van der Waals surface area (Å²) in [6.45, 7) is 2.83. The van der Waals surface area contributed by atoms with Crippen molar-refractivity contribution in [1.29, 1.82) is 0 Å². The number of ether oxygens (including phenoxy) is 1. The molecule has 1 amide bonds. The van der Waals surface area contributed by atoms with Gasteiger partial charge >= 0.3 is 0 Å². The average molecular weight is 279 g/mol. The number of carbonyl (C=O) groups is 1. The Morgan fingerprint density at radius 2 is 2.42 bits per heavy atom. The van der Waals surface area contributed by atoms with E-state index in [2.05, 4.69) is 12.2 Å². The van der Waals surface area contributed by atoms with Crippen molar-refractivity contribution in [3.8, 4) is 0 Å². The van der Waals surface area contributed by atoms with Crippen LogP contribution in [0, 0.1) is 5.41 Å². The second-order valence-electron chi connectivity index (χ2n) is 5.64. The molecule has 2 aliphatic rings. The van der Waals surface area contributed by atoms with Crippen LogP contribution in [-0.2, 0) is 16.0 Å². The zero-order chi connectivity index (χ0) is 13.3. The number of hydrogen-bond acceptors (Lipinski definition) is 3. The first-order chi connectivity index (χ1) is 9.24. The molecule has 2 atom stereocenters. The summed E-state index contributed by atoms with van der Waals surface area (Å²) in [6.07, 6.45) is 5.58. The van der Waals surface area contributed by atoms with Gasteiger partial charge in [0.15, 0.2) is 0 Å². The van der Waals surface area contributed by atoms with Crippen LogP contribution in [0.4, 0.5) is 0 Å². The highest BCUT2D eigenvalue weighted by Crippen LogP contribution is 2.57. The van der Waals surface area contributed by atoms with Crippen LogP contribution in [0.1, 0.15) is 37.5 Å². The van der Waals surface area contributed by atoms with Crippen molar-refractivity contribution < 1.29 is 9.53 Å². The fourth-order valence-electron chi connectivity index (χ4n) is 3.46. The zero-order valence-electron chi connectivity index (χ0n) is 11.4. The van der Waals surface area contributed by atoms with Crippen LogP contribution in [0.2, 0.25) is 0 Å². The molecule has 0 aliphatic heterocycles. The number of hydrogen-bond donors (Lipinski definition) is 1. The van der Waals surface area contributed by atoms with E-state index >= 15 is 0 Å². The van der Waals surface area contributed by atoms with Gasteiger partial charge in [0.25, 0.3) is 0 Å². The van der Waals surface area contributed by atoms with Gasteiger partial charge in [-0.05, 0) is 37.6 Å². The van der Waals surface area contributed by atoms with Crippen LogP contribution in [0.15, 0.2) is 17.5 Å². The second kappa shape index (κ2) is 5.25. The molecule has 0 unspecified atom stereocenters. The predicted molar refractivity (Wildman–Crippen MR) is 76.3 cm³/mol. The topological polar surface area (TPSA) is 38.3 Å². The first-order valence-corrected chi connectivity index (χ1v) is 8.06. The van der Waals surface area contributed by atoms with Gasteiger partial charge in [-0.1, -0.05) is 12.5 Å². The Hall–Kier alpha value is -0.870. The maximum Gasteiger partial charge on any atom is 0.225 e. The molecule has 2 saturated carbocycles. The number of carbonyl (C=O) groups excluding carboxylic acids is 1. The van der Waals surface area contributed by atoms with E-state index < -0.39 is 0 Å². The van der Waals surface area contributed by atoms with E-state index in [1.54, 1.807) is 11.3 Å². The molecule has 1 aromatic heterocycles. The average Bonchev–Trinajstić information content (AvgIpc) is 2.78. The summed E-state index contributed by atoms with van der Waals surface area (Å²) in [5.41, 5.74) is 0.265. The molecule has 0 aromatic carbocycles. The van der Waals surface area contributed by atoms with Crippen molar-refractivity contribution >= 4 is 17.2 Å². The maximum atomic E-state index is 12.1. The van der Waals surface area contributed by atoms with Gasteiger partial charge in [0, 0.05) is 22.9 Å². The molecule has 3 rings (SSSR count). The molecule has 0 saturated heterocycles. The van der Waals surface area contributed by atoms with Crippen LogP contribution in [0.25, 0.3) is 0 Å². The number of thiophene rings is 1. The lowest BCUT2D eigenvalue weighted by Crippen LogP contribution is -2.67. The Bertz CT molecular complexity index is 439. The summed E-state index contributed by atoms with van der Waals surface area (Å²) in [6, 6.07) is 4.35. The maximum absolute atomic E-state index is 12.1. The summed E-state index contributed by atoms with van der Waals surface area (Å²) in [7, 11) is 0. The van der Waals surface area contributed by atoms with E-state index in [1.165, 1.54) is 19.3 Å². The highest BCUT2D eigenvalue weighted by Gasteiger charge is 2.59. The molecular weight excluding hydrogens is 258 g/mol. The van der Waals surface area contributed by atoms with E-state index in [0.29, 0.717) is 18.6 Å². The quantitative estimate of drug-likeness (QED) is 0.900. The largest absolute Gasteiger partial charge is 0.378 e. The minimum absolute atomic E-state index is 0.161. The van der Waals surface area contributed by atoms with Crippen LogP contribution in [0.5, 0.6) is 0 Å². The fourth-order valence-corrected chi connectivity index (χ4v) is 4.16. The fraction of sp³-hybridized carbons (Fsp3) is 0.667. The molecule has 1 N–H and O–H groups in total. The molecule has 2 aliphatic carbocycles. The molecular formula is C15H21NO2S. The van der Waals surface area contributed by atoms with E-state index in [0.717, 1.165) is 17.9 Å². The lowest BCUT2D eigenvalue weighted by molar-refractivity contribution is -0.175. The number of rotatable bonds is 5. The summed E-state index contributed by atoms with van der Waals surface area (Å²) in [4.78, 5) is 13.2. The number of amides is 1. The Balaban J connectivity index is 1.54. The second-order valence-corrected chi connectivity index (χ2v) is 6.67. The van der Waals surface area contributed by atoms with E-state index in [4.69, 9.17) is 4.74 Å². The van der Waals surface area contributed by atoms with Crippen molar-refractivity contribution in [1.82, 2.24) is 5.32 Å². The number of nitrogens with one attached hydrogen (secondary N) is 1. The standard InChI is InChI=1S/C15H21NO2S/c1-2-18-13-10-12(15(13)6-4-7-15)16-14(17)9-11-5-3-8-19-11/h3,5,8,12-13H,2,4,6-7,9-10H2,1H3,(H,16,17)/t12-,13-/m0/s1. The van der Waals surface area contributed by atoms with Crippen molar-refractivity contribution in [2.75, 3.05) is 6.61 Å². The first kappa shape index (κ1) is 13.1. The van der Waals surface area contributed by atoms with Crippen LogP contribution < -0.4 is 5.32 Å². The first-order valence-electron chi connectivity index (χ1n) is 7.18. The summed E-state index contributed by atoms with van der Waals surface area (Å²) < 4.78 is 5.80. The molecule has 19 heavy (non-hydrogen) atoms. The SMILES string of the molecule is CCO[C@H]1C[C@H](NC(=O)Cc2cccs2)C12CCC2. The molecule has 104 valence electrons. The van der Waals surface area contributed by atoms with Gasteiger partial charge in [0.2, 0.25) is 5.91 Å². The molecule has 1 heterocycles. The van der Waals surface area contributed by atoms with Gasteiger partial charge in [0.05, 0.1) is 12.5 Å². The Morgan fingerprint density at radius 3 is 3.00 bits per heavy atom. The minimum atomic E-state index is 0.161. The zero-order valence-corrected chi connectivity index (χ0v) is 12.2. The third-order valence-electron chi connectivity index (χ3n) is 4.69. The van der Waals surface area contributed by atoms with Crippen molar-refractivity contribution in [3.05, 3.63) is 22.4 Å². The van der Waals surface area contributed by atoms with Gasteiger partial charge < -0.3 is 10.1 Å². The van der Waals surface area contributed by atoms with E-state index in [-0.39, 0.29) is 11.3 Å². The lowest BCUT2D eigenvalue weighted by atomic mass is 9.51. The highest BCUT2D eigenvalue weighted by molar-refractivity contribution is 7.10.